The van der Waals surface area contributed by atoms with Crippen LogP contribution in [-0.2, 0) is 11.3 Å². The molecule has 0 bridgehead atoms. The molecular formula is C23H24N2O3. The average molecular weight is 376 g/mol. The molecule has 144 valence electrons. The molecular weight excluding hydrogens is 352 g/mol. The van der Waals surface area contributed by atoms with Crippen molar-refractivity contribution in [1.29, 1.82) is 0 Å². The number of anilines is 1. The molecule has 5 nitrogen and oxygen atoms in total. The molecule has 3 rings (SSSR count). The number of rotatable bonds is 10. The van der Waals surface area contributed by atoms with E-state index in [1.807, 2.05) is 84.9 Å². The molecule has 5 heteroatoms. The fraction of sp³-hybridized carbons (Fsp3) is 0.174. The van der Waals surface area contributed by atoms with Gasteiger partial charge in [0.05, 0.1) is 6.54 Å². The summed E-state index contributed by atoms with van der Waals surface area (Å²) in [6, 6.07) is 27.0. The third-order valence-corrected chi connectivity index (χ3v) is 3.98. The number of carbonyl (C=O) groups is 1. The molecule has 0 radical (unpaired) electrons. The van der Waals surface area contributed by atoms with Gasteiger partial charge in [-0.25, -0.2) is 0 Å². The highest BCUT2D eigenvalue weighted by molar-refractivity contribution is 5.80. The van der Waals surface area contributed by atoms with Crippen LogP contribution in [0.1, 0.15) is 5.56 Å². The van der Waals surface area contributed by atoms with Gasteiger partial charge in [-0.3, -0.25) is 4.79 Å². The molecule has 1 amide bonds. The Morgan fingerprint density at radius 2 is 1.39 bits per heavy atom. The number of benzene rings is 3. The van der Waals surface area contributed by atoms with Crippen molar-refractivity contribution in [2.45, 2.75) is 6.54 Å². The zero-order chi connectivity index (χ0) is 19.4. The maximum absolute atomic E-state index is 12.0. The van der Waals surface area contributed by atoms with Gasteiger partial charge in [0.2, 0.25) is 5.91 Å². The molecule has 0 aliphatic rings. The van der Waals surface area contributed by atoms with Crippen molar-refractivity contribution in [2.24, 2.45) is 0 Å². The lowest BCUT2D eigenvalue weighted by Gasteiger charge is -2.11. The highest BCUT2D eigenvalue weighted by atomic mass is 16.5. The molecule has 0 aromatic heterocycles. The molecule has 3 aromatic rings. The van der Waals surface area contributed by atoms with Crippen molar-refractivity contribution >= 4 is 11.6 Å². The van der Waals surface area contributed by atoms with Gasteiger partial charge in [0.15, 0.2) is 0 Å². The van der Waals surface area contributed by atoms with Gasteiger partial charge in [0, 0.05) is 18.3 Å². The van der Waals surface area contributed by atoms with Gasteiger partial charge in [0.25, 0.3) is 0 Å². The van der Waals surface area contributed by atoms with Gasteiger partial charge in [-0.1, -0.05) is 54.6 Å². The lowest BCUT2D eigenvalue weighted by Crippen LogP contribution is -2.29. The van der Waals surface area contributed by atoms with Crippen molar-refractivity contribution in [2.75, 3.05) is 25.1 Å². The summed E-state index contributed by atoms with van der Waals surface area (Å²) in [6.07, 6.45) is 0. The summed E-state index contributed by atoms with van der Waals surface area (Å²) >= 11 is 0. The predicted octanol–water partition coefficient (Wildman–Crippen LogP) is 3.87. The maximum Gasteiger partial charge on any atom is 0.239 e. The van der Waals surface area contributed by atoms with Crippen LogP contribution >= 0.6 is 0 Å². The van der Waals surface area contributed by atoms with E-state index in [0.29, 0.717) is 19.8 Å². The highest BCUT2D eigenvalue weighted by Crippen LogP contribution is 2.17. The van der Waals surface area contributed by atoms with E-state index in [1.54, 1.807) is 0 Å². The van der Waals surface area contributed by atoms with Crippen molar-refractivity contribution in [1.82, 2.24) is 5.32 Å². The van der Waals surface area contributed by atoms with E-state index in [4.69, 9.17) is 9.47 Å². The third kappa shape index (κ3) is 6.68. The first-order valence-corrected chi connectivity index (χ1v) is 9.25. The van der Waals surface area contributed by atoms with Crippen molar-refractivity contribution in [3.05, 3.63) is 90.5 Å². The number of para-hydroxylation sites is 1. The van der Waals surface area contributed by atoms with Gasteiger partial charge >= 0.3 is 0 Å². The molecule has 0 aliphatic heterocycles. The van der Waals surface area contributed by atoms with Crippen LogP contribution < -0.4 is 20.1 Å². The smallest absolute Gasteiger partial charge is 0.239 e. The monoisotopic (exact) mass is 376 g/mol. The summed E-state index contributed by atoms with van der Waals surface area (Å²) in [5.41, 5.74) is 1.90. The fourth-order valence-electron chi connectivity index (χ4n) is 2.57. The minimum absolute atomic E-state index is 0.0635. The molecule has 0 spiro atoms. The molecule has 0 saturated heterocycles. The van der Waals surface area contributed by atoms with Crippen molar-refractivity contribution in [3.63, 3.8) is 0 Å². The quantitative estimate of drug-likeness (QED) is 0.527. The summed E-state index contributed by atoms with van der Waals surface area (Å²) in [5.74, 6) is 1.49. The highest BCUT2D eigenvalue weighted by Gasteiger charge is 2.03. The Bertz CT molecular complexity index is 854. The Morgan fingerprint density at radius 3 is 2.14 bits per heavy atom. The number of ether oxygens (including phenoxy) is 2. The van der Waals surface area contributed by atoms with Crippen LogP contribution in [0.25, 0.3) is 0 Å². The summed E-state index contributed by atoms with van der Waals surface area (Å²) in [4.78, 5) is 12.0. The zero-order valence-corrected chi connectivity index (χ0v) is 15.6. The second-order valence-corrected chi connectivity index (χ2v) is 6.15. The second kappa shape index (κ2) is 10.6. The van der Waals surface area contributed by atoms with Crippen molar-refractivity contribution in [3.8, 4) is 11.5 Å². The Morgan fingerprint density at radius 1 is 0.750 bits per heavy atom. The van der Waals surface area contributed by atoms with E-state index in [1.165, 1.54) is 0 Å². The van der Waals surface area contributed by atoms with E-state index in [9.17, 15) is 4.79 Å². The van der Waals surface area contributed by atoms with E-state index >= 15 is 0 Å². The van der Waals surface area contributed by atoms with E-state index < -0.39 is 0 Å². The topological polar surface area (TPSA) is 59.6 Å². The summed E-state index contributed by atoms with van der Waals surface area (Å²) < 4.78 is 11.3. The lowest BCUT2D eigenvalue weighted by molar-refractivity contribution is -0.119. The third-order valence-electron chi connectivity index (χ3n) is 3.98. The molecule has 28 heavy (non-hydrogen) atoms. The zero-order valence-electron chi connectivity index (χ0n) is 15.6. The molecule has 0 unspecified atom stereocenters. The molecule has 0 fully saturated rings. The lowest BCUT2D eigenvalue weighted by atomic mass is 10.2. The number of carbonyl (C=O) groups excluding carboxylic acids is 1. The van der Waals surface area contributed by atoms with Gasteiger partial charge < -0.3 is 20.1 Å². The normalized spacial score (nSPS) is 10.1. The fourth-order valence-corrected chi connectivity index (χ4v) is 2.57. The van der Waals surface area contributed by atoms with Crippen LogP contribution in [0.5, 0.6) is 11.5 Å². The molecule has 0 heterocycles. The van der Waals surface area contributed by atoms with Gasteiger partial charge in [-0.2, -0.15) is 0 Å². The number of nitrogens with one attached hydrogen (secondary N) is 2. The van der Waals surface area contributed by atoms with E-state index in [2.05, 4.69) is 10.6 Å². The molecule has 0 saturated carbocycles. The Hall–Kier alpha value is -3.47. The Balaban J connectivity index is 1.37. The largest absolute Gasteiger partial charge is 0.490 e. The van der Waals surface area contributed by atoms with Crippen LogP contribution in [0, 0.1) is 0 Å². The molecule has 0 aliphatic carbocycles. The number of amides is 1. The Kier molecular flexibility index (Phi) is 7.32. The minimum atomic E-state index is -0.0635. The van der Waals surface area contributed by atoms with Gasteiger partial charge in [0.1, 0.15) is 24.7 Å². The summed E-state index contributed by atoms with van der Waals surface area (Å²) in [5, 5.41) is 6.01. The summed E-state index contributed by atoms with van der Waals surface area (Å²) in [7, 11) is 0. The molecule has 2 N–H and O–H groups in total. The van der Waals surface area contributed by atoms with E-state index in [0.717, 1.165) is 22.7 Å². The predicted molar refractivity (Wildman–Crippen MR) is 111 cm³/mol. The minimum Gasteiger partial charge on any atom is -0.490 e. The van der Waals surface area contributed by atoms with Gasteiger partial charge in [-0.05, 0) is 29.8 Å². The van der Waals surface area contributed by atoms with Crippen LogP contribution in [0.15, 0.2) is 84.9 Å². The maximum atomic E-state index is 12.0. The second-order valence-electron chi connectivity index (χ2n) is 6.15. The molecule has 3 aromatic carbocycles. The Labute approximate surface area is 165 Å². The van der Waals surface area contributed by atoms with E-state index in [-0.39, 0.29) is 12.5 Å². The molecule has 0 atom stereocenters. The SMILES string of the molecule is O=C(CNc1cccc(OCCOc2ccccc2)c1)NCc1ccccc1. The summed E-state index contributed by atoms with van der Waals surface area (Å²) in [6.45, 7) is 1.62. The van der Waals surface area contributed by atoms with Gasteiger partial charge in [-0.15, -0.1) is 0 Å². The first-order valence-electron chi connectivity index (χ1n) is 9.25. The van der Waals surface area contributed by atoms with Crippen LogP contribution in [0.3, 0.4) is 0 Å². The van der Waals surface area contributed by atoms with Crippen LogP contribution in [-0.4, -0.2) is 25.7 Å². The average Bonchev–Trinajstić information content (AvgIpc) is 2.76. The van der Waals surface area contributed by atoms with Crippen LogP contribution in [0.2, 0.25) is 0 Å². The first-order chi connectivity index (χ1) is 13.8. The first kappa shape index (κ1) is 19.3. The number of hydrogen-bond acceptors (Lipinski definition) is 4. The van der Waals surface area contributed by atoms with Crippen molar-refractivity contribution < 1.29 is 14.3 Å². The standard InChI is InChI=1S/C23H24N2O3/c26-23(25-17-19-8-3-1-4-9-19)18-24-20-10-7-13-22(16-20)28-15-14-27-21-11-5-2-6-12-21/h1-13,16,24H,14-15,17-18H2,(H,25,26). The van der Waals surface area contributed by atoms with Crippen LogP contribution in [0.4, 0.5) is 5.69 Å². The number of hydrogen-bond donors (Lipinski definition) is 2.